The number of benzene rings is 1. The van der Waals surface area contributed by atoms with E-state index >= 15 is 0 Å². The summed E-state index contributed by atoms with van der Waals surface area (Å²) in [4.78, 5) is 0. The van der Waals surface area contributed by atoms with Gasteiger partial charge in [0.25, 0.3) is 10.2 Å². The summed E-state index contributed by atoms with van der Waals surface area (Å²) in [6.07, 6.45) is 0. The Morgan fingerprint density at radius 3 is 2.45 bits per heavy atom. The summed E-state index contributed by atoms with van der Waals surface area (Å²) in [6, 6.07) is 9.51. The Hall–Kier alpha value is -0.950. The third-order valence-corrected chi connectivity index (χ3v) is 6.58. The van der Waals surface area contributed by atoms with Gasteiger partial charge >= 0.3 is 0 Å². The predicted molar refractivity (Wildman–Crippen MR) is 87.4 cm³/mol. The zero-order valence-corrected chi connectivity index (χ0v) is 14.5. The molecule has 6 heteroatoms. The SMILES string of the molecule is CC(C)[C@@]1(O)CN(S(=O)(=O)N(C)Cc2ccccc2)C[C@@H]1C. The first kappa shape index (κ1) is 17.4. The van der Waals surface area contributed by atoms with Gasteiger partial charge in [0.05, 0.1) is 5.60 Å². The maximum Gasteiger partial charge on any atom is 0.282 e. The first-order valence-corrected chi connectivity index (χ1v) is 9.05. The van der Waals surface area contributed by atoms with E-state index in [0.717, 1.165) is 5.56 Å². The van der Waals surface area contributed by atoms with Crippen molar-refractivity contribution in [3.63, 3.8) is 0 Å². The predicted octanol–water partition coefficient (Wildman–Crippen LogP) is 1.70. The van der Waals surface area contributed by atoms with Crippen LogP contribution in [0.4, 0.5) is 0 Å². The molecule has 1 aromatic rings. The van der Waals surface area contributed by atoms with Crippen LogP contribution in [0.5, 0.6) is 0 Å². The summed E-state index contributed by atoms with van der Waals surface area (Å²) >= 11 is 0. The molecule has 0 radical (unpaired) electrons. The van der Waals surface area contributed by atoms with Crippen LogP contribution in [0.25, 0.3) is 0 Å². The second-order valence-corrected chi connectivity index (χ2v) is 8.62. The second kappa shape index (κ2) is 6.28. The summed E-state index contributed by atoms with van der Waals surface area (Å²) in [5.74, 6) is -0.0606. The van der Waals surface area contributed by atoms with E-state index in [0.29, 0.717) is 13.1 Å². The van der Waals surface area contributed by atoms with Gasteiger partial charge < -0.3 is 5.11 Å². The van der Waals surface area contributed by atoms with Gasteiger partial charge in [-0.15, -0.1) is 0 Å². The molecule has 1 saturated heterocycles. The quantitative estimate of drug-likeness (QED) is 0.896. The first-order chi connectivity index (χ1) is 10.2. The molecule has 0 aliphatic carbocycles. The van der Waals surface area contributed by atoms with Crippen LogP contribution in [0.15, 0.2) is 30.3 Å². The molecular formula is C16H26N2O3S. The van der Waals surface area contributed by atoms with Gasteiger partial charge in [-0.25, -0.2) is 0 Å². The molecule has 1 N–H and O–H groups in total. The van der Waals surface area contributed by atoms with Crippen molar-refractivity contribution in [3.05, 3.63) is 35.9 Å². The number of hydrogen-bond acceptors (Lipinski definition) is 3. The van der Waals surface area contributed by atoms with Gasteiger partial charge in [0, 0.05) is 32.6 Å². The third kappa shape index (κ3) is 3.20. The number of hydrogen-bond donors (Lipinski definition) is 1. The molecule has 5 nitrogen and oxygen atoms in total. The van der Waals surface area contributed by atoms with Crippen LogP contribution in [0, 0.1) is 11.8 Å². The monoisotopic (exact) mass is 326 g/mol. The maximum atomic E-state index is 12.7. The van der Waals surface area contributed by atoms with Crippen LogP contribution in [-0.2, 0) is 16.8 Å². The second-order valence-electron chi connectivity index (χ2n) is 6.59. The fraction of sp³-hybridized carbons (Fsp3) is 0.625. The minimum atomic E-state index is -3.57. The van der Waals surface area contributed by atoms with Gasteiger partial charge in [-0.05, 0) is 11.5 Å². The van der Waals surface area contributed by atoms with E-state index in [1.54, 1.807) is 7.05 Å². The topological polar surface area (TPSA) is 60.9 Å². The lowest BCUT2D eigenvalue weighted by Crippen LogP contribution is -2.45. The van der Waals surface area contributed by atoms with E-state index in [1.807, 2.05) is 51.1 Å². The van der Waals surface area contributed by atoms with E-state index < -0.39 is 15.8 Å². The fourth-order valence-corrected chi connectivity index (χ4v) is 4.50. The molecule has 1 heterocycles. The Kier molecular flexibility index (Phi) is 4.96. The van der Waals surface area contributed by atoms with E-state index in [9.17, 15) is 13.5 Å². The summed E-state index contributed by atoms with van der Waals surface area (Å²) in [7, 11) is -1.98. The van der Waals surface area contributed by atoms with Gasteiger partial charge in [-0.2, -0.15) is 17.0 Å². The minimum Gasteiger partial charge on any atom is -0.388 e. The van der Waals surface area contributed by atoms with Crippen molar-refractivity contribution in [3.8, 4) is 0 Å². The lowest BCUT2D eigenvalue weighted by atomic mass is 9.82. The molecule has 0 saturated carbocycles. The Labute approximate surface area is 133 Å². The molecule has 2 rings (SSSR count). The molecule has 0 aromatic heterocycles. The molecule has 2 atom stereocenters. The lowest BCUT2D eigenvalue weighted by Gasteiger charge is -2.31. The normalized spacial score (nSPS) is 27.0. The third-order valence-electron chi connectivity index (χ3n) is 4.73. The molecule has 124 valence electrons. The fourth-order valence-electron chi connectivity index (χ4n) is 3.01. The molecule has 1 aliphatic rings. The molecule has 1 aliphatic heterocycles. The van der Waals surface area contributed by atoms with Crippen molar-refractivity contribution < 1.29 is 13.5 Å². The van der Waals surface area contributed by atoms with Crippen molar-refractivity contribution in [2.45, 2.75) is 32.9 Å². The van der Waals surface area contributed by atoms with Crippen molar-refractivity contribution in [2.24, 2.45) is 11.8 Å². The van der Waals surface area contributed by atoms with Crippen LogP contribution in [0.2, 0.25) is 0 Å². The van der Waals surface area contributed by atoms with Crippen LogP contribution < -0.4 is 0 Å². The van der Waals surface area contributed by atoms with Crippen molar-refractivity contribution >= 4 is 10.2 Å². The van der Waals surface area contributed by atoms with E-state index in [4.69, 9.17) is 0 Å². The Balaban J connectivity index is 2.14. The van der Waals surface area contributed by atoms with Crippen molar-refractivity contribution in [1.82, 2.24) is 8.61 Å². The molecule has 1 fully saturated rings. The van der Waals surface area contributed by atoms with E-state index in [-0.39, 0.29) is 18.4 Å². The minimum absolute atomic E-state index is 0.0159. The van der Waals surface area contributed by atoms with Crippen LogP contribution in [-0.4, -0.2) is 47.9 Å². The summed E-state index contributed by atoms with van der Waals surface area (Å²) < 4.78 is 28.2. The summed E-state index contributed by atoms with van der Waals surface area (Å²) in [6.45, 7) is 6.62. The van der Waals surface area contributed by atoms with Gasteiger partial charge in [0.2, 0.25) is 0 Å². The molecule has 0 amide bonds. The Morgan fingerprint density at radius 2 is 1.95 bits per heavy atom. The van der Waals surface area contributed by atoms with Crippen molar-refractivity contribution in [1.29, 1.82) is 0 Å². The smallest absolute Gasteiger partial charge is 0.282 e. The average molecular weight is 326 g/mol. The van der Waals surface area contributed by atoms with Crippen LogP contribution >= 0.6 is 0 Å². The molecule has 22 heavy (non-hydrogen) atoms. The zero-order valence-electron chi connectivity index (χ0n) is 13.7. The molecular weight excluding hydrogens is 300 g/mol. The van der Waals surface area contributed by atoms with Crippen LogP contribution in [0.1, 0.15) is 26.3 Å². The highest BCUT2D eigenvalue weighted by Crippen LogP contribution is 2.35. The number of aliphatic hydroxyl groups is 1. The van der Waals surface area contributed by atoms with E-state index in [2.05, 4.69) is 0 Å². The average Bonchev–Trinajstić information content (AvgIpc) is 2.78. The molecule has 0 spiro atoms. The maximum absolute atomic E-state index is 12.7. The molecule has 0 bridgehead atoms. The number of β-amino-alcohol motifs (C(OH)–C–C–N with tert-alkyl or cyclic N) is 1. The van der Waals surface area contributed by atoms with Gasteiger partial charge in [-0.1, -0.05) is 51.1 Å². The van der Waals surface area contributed by atoms with Gasteiger partial charge in [-0.3, -0.25) is 0 Å². The highest BCUT2D eigenvalue weighted by Gasteiger charge is 2.49. The summed E-state index contributed by atoms with van der Waals surface area (Å²) in [5, 5.41) is 10.7. The van der Waals surface area contributed by atoms with Crippen LogP contribution in [0.3, 0.4) is 0 Å². The molecule has 1 aromatic carbocycles. The Bertz CT molecular complexity index is 603. The van der Waals surface area contributed by atoms with Gasteiger partial charge in [0.15, 0.2) is 0 Å². The first-order valence-electron chi connectivity index (χ1n) is 7.65. The standard InChI is InChI=1S/C16H26N2O3S/c1-13(2)16(19)12-18(10-14(16)3)22(20,21)17(4)11-15-8-6-5-7-9-15/h5-9,13-14,19H,10-12H2,1-4H3/t14-,16-/m0/s1. The Morgan fingerprint density at radius 1 is 1.36 bits per heavy atom. The van der Waals surface area contributed by atoms with Crippen molar-refractivity contribution in [2.75, 3.05) is 20.1 Å². The largest absolute Gasteiger partial charge is 0.388 e. The zero-order chi connectivity index (χ0) is 16.5. The number of rotatable bonds is 5. The van der Waals surface area contributed by atoms with Gasteiger partial charge in [0.1, 0.15) is 0 Å². The molecule has 0 unspecified atom stereocenters. The highest BCUT2D eigenvalue weighted by molar-refractivity contribution is 7.86. The highest BCUT2D eigenvalue weighted by atomic mass is 32.2. The van der Waals surface area contributed by atoms with E-state index in [1.165, 1.54) is 8.61 Å². The lowest BCUT2D eigenvalue weighted by molar-refractivity contribution is -0.0224. The number of nitrogens with zero attached hydrogens (tertiary/aromatic N) is 2. The summed E-state index contributed by atoms with van der Waals surface area (Å²) in [5.41, 5.74) is -0.0133.